The molecule has 6 heterocycles. The molecule has 12 heteroatoms. The second-order valence-corrected chi connectivity index (χ2v) is 17.5. The molecule has 2 bridgehead atoms. The fraction of sp³-hybridized carbons (Fsp3) is 0.581. The number of primary amides is 1. The molecule has 12 nitrogen and oxygen atoms in total. The summed E-state index contributed by atoms with van der Waals surface area (Å²) in [6.07, 6.45) is 5.78. The number of methoxy groups -OCH3 is 2. The van der Waals surface area contributed by atoms with Gasteiger partial charge in [-0.15, -0.1) is 0 Å². The monoisotopic (exact) mass is 753 g/mol. The SMILES string of the molecule is CC[C@]1(O)C[C@H]2CN(CCc3c([nH]c4ccccc34)[C@@](C(=O)OC)(c3cc4c(cc3OC)N(C)[C@H]3[C@@](O)(C(N)=O)[C@H](O)[C@]5(CC)C=CCN6CC[C@]43C65)C2)C1. The van der Waals surface area contributed by atoms with Crippen LogP contribution in [0.5, 0.6) is 5.75 Å². The van der Waals surface area contributed by atoms with E-state index < -0.39 is 51.5 Å². The number of anilines is 1. The maximum atomic E-state index is 15.2. The van der Waals surface area contributed by atoms with Crippen molar-refractivity contribution in [3.63, 3.8) is 0 Å². The Bertz CT molecular complexity index is 2120. The molecular weight excluding hydrogens is 699 g/mol. The summed E-state index contributed by atoms with van der Waals surface area (Å²) in [6.45, 7) is 7.39. The normalized spacial score (nSPS) is 39.0. The van der Waals surface area contributed by atoms with E-state index in [1.165, 1.54) is 7.11 Å². The van der Waals surface area contributed by atoms with Gasteiger partial charge in [0.05, 0.1) is 25.9 Å². The summed E-state index contributed by atoms with van der Waals surface area (Å²) in [5.74, 6) is -1.00. The van der Waals surface area contributed by atoms with Crippen molar-refractivity contribution in [1.82, 2.24) is 14.8 Å². The second kappa shape index (κ2) is 12.3. The van der Waals surface area contributed by atoms with Crippen LogP contribution in [0.3, 0.4) is 0 Å². The number of aliphatic hydroxyl groups is 3. The van der Waals surface area contributed by atoms with E-state index in [9.17, 15) is 20.1 Å². The van der Waals surface area contributed by atoms with E-state index in [1.807, 2.05) is 62.2 Å². The Morgan fingerprint density at radius 1 is 1.04 bits per heavy atom. The summed E-state index contributed by atoms with van der Waals surface area (Å²) >= 11 is 0. The van der Waals surface area contributed by atoms with Gasteiger partial charge in [0.2, 0.25) is 0 Å². The van der Waals surface area contributed by atoms with Crippen LogP contribution in [0.4, 0.5) is 5.69 Å². The van der Waals surface area contributed by atoms with Crippen LogP contribution in [0.1, 0.15) is 68.3 Å². The Morgan fingerprint density at radius 3 is 2.53 bits per heavy atom. The number of ether oxygens (including phenoxy) is 2. The second-order valence-electron chi connectivity index (χ2n) is 17.5. The lowest BCUT2D eigenvalue weighted by atomic mass is 9.47. The highest BCUT2D eigenvalue weighted by Crippen LogP contribution is 2.67. The molecular formula is C43H55N5O7. The number of rotatable bonds is 6. The number of likely N-dealkylation sites (N-methyl/N-ethyl adjacent to an activating group) is 1. The fourth-order valence-corrected chi connectivity index (χ4v) is 13.1. The van der Waals surface area contributed by atoms with Gasteiger partial charge in [-0.25, -0.2) is 0 Å². The fourth-order valence-electron chi connectivity index (χ4n) is 13.1. The molecule has 1 saturated carbocycles. The first-order valence-electron chi connectivity index (χ1n) is 20.0. The Morgan fingerprint density at radius 2 is 1.82 bits per heavy atom. The van der Waals surface area contributed by atoms with Crippen molar-refractivity contribution in [2.24, 2.45) is 17.1 Å². The topological polar surface area (TPSA) is 165 Å². The number of H-pyrrole nitrogens is 1. The molecule has 9 rings (SSSR count). The van der Waals surface area contributed by atoms with Crippen LogP contribution >= 0.6 is 0 Å². The molecule has 2 aromatic carbocycles. The molecule has 2 saturated heterocycles. The minimum Gasteiger partial charge on any atom is -0.496 e. The van der Waals surface area contributed by atoms with Gasteiger partial charge >= 0.3 is 5.97 Å². The molecule has 1 aliphatic carbocycles. The Labute approximate surface area is 322 Å². The molecule has 0 radical (unpaired) electrons. The molecule has 1 spiro atoms. The lowest BCUT2D eigenvalue weighted by Crippen LogP contribution is -2.81. The zero-order valence-corrected chi connectivity index (χ0v) is 32.6. The molecule has 5 aliphatic heterocycles. The number of nitrogens with two attached hydrogens (primary N) is 1. The quantitative estimate of drug-likeness (QED) is 0.187. The largest absolute Gasteiger partial charge is 0.496 e. The van der Waals surface area contributed by atoms with Crippen molar-refractivity contribution in [3.8, 4) is 5.75 Å². The minimum atomic E-state index is -2.30. The molecule has 1 aromatic heterocycles. The van der Waals surface area contributed by atoms with Gasteiger partial charge in [0.1, 0.15) is 17.3 Å². The molecule has 2 unspecified atom stereocenters. The molecule has 55 heavy (non-hydrogen) atoms. The van der Waals surface area contributed by atoms with Gasteiger partial charge in [0.25, 0.3) is 5.91 Å². The number of carbonyl (C=O) groups excluding carboxylic acids is 2. The molecule has 294 valence electrons. The number of aromatic amines is 1. The summed E-state index contributed by atoms with van der Waals surface area (Å²) in [7, 11) is 4.89. The Balaban J connectivity index is 1.36. The molecule has 3 fully saturated rings. The van der Waals surface area contributed by atoms with E-state index in [0.29, 0.717) is 69.5 Å². The number of nitrogens with zero attached hydrogens (tertiary/aromatic N) is 3. The zero-order chi connectivity index (χ0) is 38.9. The van der Waals surface area contributed by atoms with Crippen LogP contribution in [0.25, 0.3) is 10.9 Å². The zero-order valence-electron chi connectivity index (χ0n) is 32.6. The highest BCUT2D eigenvalue weighted by molar-refractivity contribution is 5.95. The third-order valence-corrected chi connectivity index (χ3v) is 15.2. The van der Waals surface area contributed by atoms with Gasteiger partial charge in [-0.2, -0.15) is 0 Å². The third kappa shape index (κ3) is 4.51. The predicted octanol–water partition coefficient (Wildman–Crippen LogP) is 2.73. The lowest BCUT2D eigenvalue weighted by Gasteiger charge is -2.63. The number of piperidine rings is 1. The average molecular weight is 754 g/mol. The number of amides is 1. The average Bonchev–Trinajstić information content (AvgIpc) is 3.84. The molecule has 1 amide bonds. The van der Waals surface area contributed by atoms with E-state index in [-0.39, 0.29) is 12.0 Å². The number of nitrogens with one attached hydrogen (secondary N) is 1. The number of hydrogen-bond donors (Lipinski definition) is 5. The number of carbonyl (C=O) groups is 2. The summed E-state index contributed by atoms with van der Waals surface area (Å²) < 4.78 is 12.2. The van der Waals surface area contributed by atoms with Crippen molar-refractivity contribution < 1.29 is 34.4 Å². The summed E-state index contributed by atoms with van der Waals surface area (Å²) in [4.78, 5) is 39.3. The van der Waals surface area contributed by atoms with Gasteiger partial charge in [-0.05, 0) is 74.2 Å². The molecule has 6 aliphatic rings. The van der Waals surface area contributed by atoms with Gasteiger partial charge in [-0.3, -0.25) is 19.4 Å². The van der Waals surface area contributed by atoms with Gasteiger partial charge in [0, 0.05) is 84.0 Å². The maximum Gasteiger partial charge on any atom is 0.322 e. The van der Waals surface area contributed by atoms with Crippen LogP contribution in [-0.2, 0) is 31.6 Å². The summed E-state index contributed by atoms with van der Waals surface area (Å²) in [5, 5.41) is 38.0. The first-order valence-corrected chi connectivity index (χ1v) is 20.0. The number of benzene rings is 2. The maximum absolute atomic E-state index is 15.2. The standard InChI is InChI=1S/C43H55N5O7/c1-6-39(52)21-25-22-42(38(51)55-5,33-27(13-17-47(23-25)24-39)26-11-8-9-12-30(26)45-33)29-19-28-31(20-32(29)54-4)46(3)35-41(28)15-18-48-16-10-14-40(7-2,34(41)48)36(49)43(35,53)37(44)50/h8-12,14,19-20,25,34-36,45,49,52-53H,6-7,13,15-18,21-24H2,1-5H3,(H2,44,50)/t25-,34?,35-,36-,39+,40-,41-,42+,43+/m1/s1. The van der Waals surface area contributed by atoms with E-state index >= 15 is 4.79 Å². The van der Waals surface area contributed by atoms with E-state index in [4.69, 9.17) is 15.2 Å². The van der Waals surface area contributed by atoms with Gasteiger partial charge < -0.3 is 40.4 Å². The lowest BCUT2D eigenvalue weighted by molar-refractivity contribution is -0.201. The van der Waals surface area contributed by atoms with Crippen LogP contribution in [0.15, 0.2) is 48.6 Å². The van der Waals surface area contributed by atoms with Crippen LogP contribution in [0.2, 0.25) is 0 Å². The van der Waals surface area contributed by atoms with Crippen molar-refractivity contribution in [2.75, 3.05) is 58.9 Å². The van der Waals surface area contributed by atoms with E-state index in [1.54, 1.807) is 7.11 Å². The van der Waals surface area contributed by atoms with Crippen LogP contribution in [-0.4, -0.2) is 125 Å². The van der Waals surface area contributed by atoms with Crippen molar-refractivity contribution >= 4 is 28.5 Å². The minimum absolute atomic E-state index is 0.0790. The van der Waals surface area contributed by atoms with Crippen molar-refractivity contribution in [2.45, 2.75) is 92.6 Å². The Hall–Kier alpha value is -3.94. The van der Waals surface area contributed by atoms with Gasteiger partial charge in [-0.1, -0.05) is 44.2 Å². The molecule has 6 N–H and O–H groups in total. The van der Waals surface area contributed by atoms with Crippen molar-refractivity contribution in [3.05, 3.63) is 70.9 Å². The number of aromatic nitrogens is 1. The highest BCUT2D eigenvalue weighted by Gasteiger charge is 2.78. The van der Waals surface area contributed by atoms with Crippen LogP contribution < -0.4 is 15.4 Å². The molecule has 10 atom stereocenters. The first kappa shape index (κ1) is 36.7. The van der Waals surface area contributed by atoms with E-state index in [2.05, 4.69) is 26.9 Å². The van der Waals surface area contributed by atoms with E-state index in [0.717, 1.165) is 46.5 Å². The Kier molecular flexibility index (Phi) is 8.19. The number of hydrogen-bond acceptors (Lipinski definition) is 10. The number of fused-ring (bicyclic) bond motifs is 6. The van der Waals surface area contributed by atoms with Gasteiger partial charge in [0.15, 0.2) is 5.60 Å². The third-order valence-electron chi connectivity index (χ3n) is 15.2. The van der Waals surface area contributed by atoms with Crippen molar-refractivity contribution in [1.29, 1.82) is 0 Å². The number of esters is 1. The predicted molar refractivity (Wildman–Crippen MR) is 208 cm³/mol. The highest BCUT2D eigenvalue weighted by atomic mass is 16.5. The van der Waals surface area contributed by atoms with Crippen LogP contribution in [0, 0.1) is 11.3 Å². The summed E-state index contributed by atoms with van der Waals surface area (Å²) in [5.41, 5.74) is 4.72. The smallest absolute Gasteiger partial charge is 0.322 e. The number of para-hydroxylation sites is 1. The first-order chi connectivity index (χ1) is 26.3. The summed E-state index contributed by atoms with van der Waals surface area (Å²) in [6, 6.07) is 11.0. The molecule has 3 aromatic rings. The number of aliphatic hydroxyl groups excluding tert-OH is 1.